The van der Waals surface area contributed by atoms with Crippen LogP contribution in [0.5, 0.6) is 0 Å². The van der Waals surface area contributed by atoms with Crippen LogP contribution in [0.4, 0.5) is 0 Å². The molecular weight excluding hydrogens is 206 g/mol. The minimum atomic E-state index is 0.503. The molecule has 100 valence electrons. The van der Waals surface area contributed by atoms with E-state index >= 15 is 0 Å². The summed E-state index contributed by atoms with van der Waals surface area (Å²) < 4.78 is 0. The summed E-state index contributed by atoms with van der Waals surface area (Å²) in [4.78, 5) is 0. The van der Waals surface area contributed by atoms with Crippen molar-refractivity contribution in [2.75, 3.05) is 0 Å². The molecule has 1 heteroatoms. The molecule has 0 aromatic carbocycles. The van der Waals surface area contributed by atoms with Crippen LogP contribution < -0.4 is 5.73 Å². The zero-order valence-electron chi connectivity index (χ0n) is 11.5. The molecule has 0 amide bonds. The van der Waals surface area contributed by atoms with E-state index in [1.54, 1.807) is 0 Å². The number of hydrogen-bond acceptors (Lipinski definition) is 1. The van der Waals surface area contributed by atoms with Gasteiger partial charge in [0.2, 0.25) is 0 Å². The van der Waals surface area contributed by atoms with Crippen molar-refractivity contribution in [2.45, 2.75) is 89.5 Å². The van der Waals surface area contributed by atoms with Gasteiger partial charge in [-0.05, 0) is 31.1 Å². The number of nitrogens with two attached hydrogens (primary N) is 1. The van der Waals surface area contributed by atoms with Crippen LogP contribution in [-0.2, 0) is 0 Å². The highest BCUT2D eigenvalue weighted by Crippen LogP contribution is 2.33. The van der Waals surface area contributed by atoms with Crippen molar-refractivity contribution in [2.24, 2.45) is 17.6 Å². The summed E-state index contributed by atoms with van der Waals surface area (Å²) in [6, 6.07) is 0.503. The average molecular weight is 237 g/mol. The third-order valence-corrected chi connectivity index (χ3v) is 5.02. The van der Waals surface area contributed by atoms with Crippen molar-refractivity contribution in [1.82, 2.24) is 0 Å². The van der Waals surface area contributed by atoms with Crippen molar-refractivity contribution in [3.8, 4) is 0 Å². The zero-order chi connectivity index (χ0) is 11.9. The van der Waals surface area contributed by atoms with Crippen molar-refractivity contribution >= 4 is 0 Å². The van der Waals surface area contributed by atoms with Gasteiger partial charge in [0, 0.05) is 6.04 Å². The standard InChI is InChI=1S/C16H31N/c17-16-11-5-4-9-15(10-6-12-16)13-14-7-2-1-3-8-14/h14-16H,1-13,17H2. The minimum absolute atomic E-state index is 0.503. The van der Waals surface area contributed by atoms with Crippen LogP contribution in [0.2, 0.25) is 0 Å². The van der Waals surface area contributed by atoms with Gasteiger partial charge in [-0.3, -0.25) is 0 Å². The van der Waals surface area contributed by atoms with E-state index in [0.29, 0.717) is 6.04 Å². The Labute approximate surface area is 108 Å². The first kappa shape index (κ1) is 13.4. The van der Waals surface area contributed by atoms with E-state index in [0.717, 1.165) is 11.8 Å². The third-order valence-electron chi connectivity index (χ3n) is 5.02. The molecule has 0 aromatic rings. The van der Waals surface area contributed by atoms with Gasteiger partial charge in [-0.25, -0.2) is 0 Å². The highest BCUT2D eigenvalue weighted by Gasteiger charge is 2.19. The second-order valence-corrected chi connectivity index (χ2v) is 6.58. The van der Waals surface area contributed by atoms with Crippen molar-refractivity contribution in [1.29, 1.82) is 0 Å². The highest BCUT2D eigenvalue weighted by molar-refractivity contribution is 4.73. The van der Waals surface area contributed by atoms with Crippen LogP contribution in [0, 0.1) is 11.8 Å². The van der Waals surface area contributed by atoms with Crippen LogP contribution in [0.15, 0.2) is 0 Å². The monoisotopic (exact) mass is 237 g/mol. The van der Waals surface area contributed by atoms with Gasteiger partial charge in [0.05, 0.1) is 0 Å². The van der Waals surface area contributed by atoms with Gasteiger partial charge in [-0.1, -0.05) is 64.2 Å². The van der Waals surface area contributed by atoms with Gasteiger partial charge >= 0.3 is 0 Å². The molecule has 0 saturated heterocycles. The fourth-order valence-corrected chi connectivity index (χ4v) is 3.93. The molecule has 2 saturated carbocycles. The van der Waals surface area contributed by atoms with Crippen molar-refractivity contribution < 1.29 is 0 Å². The van der Waals surface area contributed by atoms with Crippen LogP contribution in [-0.4, -0.2) is 6.04 Å². The van der Waals surface area contributed by atoms with Crippen molar-refractivity contribution in [3.63, 3.8) is 0 Å². The van der Waals surface area contributed by atoms with Crippen LogP contribution in [0.1, 0.15) is 83.5 Å². The molecular formula is C16H31N. The lowest BCUT2D eigenvalue weighted by Crippen LogP contribution is -2.19. The van der Waals surface area contributed by atoms with E-state index in [2.05, 4.69) is 0 Å². The Kier molecular flexibility index (Phi) is 5.84. The Hall–Kier alpha value is -0.0400. The predicted molar refractivity (Wildman–Crippen MR) is 75.0 cm³/mol. The smallest absolute Gasteiger partial charge is 0.00388 e. The first-order valence-corrected chi connectivity index (χ1v) is 8.10. The summed E-state index contributed by atoms with van der Waals surface area (Å²) in [6.07, 6.45) is 18.8. The molecule has 0 aliphatic heterocycles. The second kappa shape index (κ2) is 7.41. The maximum Gasteiger partial charge on any atom is 0.00388 e. The van der Waals surface area contributed by atoms with E-state index in [9.17, 15) is 0 Å². The van der Waals surface area contributed by atoms with E-state index < -0.39 is 0 Å². The maximum absolute atomic E-state index is 6.10. The van der Waals surface area contributed by atoms with Gasteiger partial charge in [0.15, 0.2) is 0 Å². The summed E-state index contributed by atoms with van der Waals surface area (Å²) in [5.41, 5.74) is 6.10. The van der Waals surface area contributed by atoms with Crippen LogP contribution in [0.3, 0.4) is 0 Å². The van der Waals surface area contributed by atoms with E-state index in [1.165, 1.54) is 83.5 Å². The first-order chi connectivity index (χ1) is 8.34. The average Bonchev–Trinajstić information content (AvgIpc) is 2.44. The lowest BCUT2D eigenvalue weighted by atomic mass is 9.80. The molecule has 0 aromatic heterocycles. The molecule has 17 heavy (non-hydrogen) atoms. The summed E-state index contributed by atoms with van der Waals surface area (Å²) in [6.45, 7) is 0. The summed E-state index contributed by atoms with van der Waals surface area (Å²) in [5.74, 6) is 2.10. The Morgan fingerprint density at radius 2 is 1.06 bits per heavy atom. The summed E-state index contributed by atoms with van der Waals surface area (Å²) in [7, 11) is 0. The molecule has 1 nitrogen and oxygen atoms in total. The molecule has 2 aliphatic rings. The van der Waals surface area contributed by atoms with E-state index in [4.69, 9.17) is 5.73 Å². The van der Waals surface area contributed by atoms with Crippen LogP contribution in [0.25, 0.3) is 0 Å². The predicted octanol–water partition coefficient (Wildman–Crippen LogP) is 4.64. The van der Waals surface area contributed by atoms with E-state index in [-0.39, 0.29) is 0 Å². The third kappa shape index (κ3) is 4.99. The fraction of sp³-hybridized carbons (Fsp3) is 1.00. The molecule has 2 atom stereocenters. The quantitative estimate of drug-likeness (QED) is 0.743. The normalized spacial score (nSPS) is 33.7. The molecule has 0 bridgehead atoms. The summed E-state index contributed by atoms with van der Waals surface area (Å²) >= 11 is 0. The van der Waals surface area contributed by atoms with Crippen molar-refractivity contribution in [3.05, 3.63) is 0 Å². The number of hydrogen-bond donors (Lipinski definition) is 1. The van der Waals surface area contributed by atoms with E-state index in [1.807, 2.05) is 0 Å². The molecule has 2 N–H and O–H groups in total. The highest BCUT2D eigenvalue weighted by atomic mass is 14.6. The first-order valence-electron chi connectivity index (χ1n) is 8.10. The molecule has 0 spiro atoms. The lowest BCUT2D eigenvalue weighted by Gasteiger charge is -2.26. The SMILES string of the molecule is NC1CCCCC(CC2CCCCC2)CCC1. The Balaban J connectivity index is 1.73. The minimum Gasteiger partial charge on any atom is -0.328 e. The molecule has 0 radical (unpaired) electrons. The zero-order valence-corrected chi connectivity index (χ0v) is 11.5. The molecule has 0 heterocycles. The van der Waals surface area contributed by atoms with Gasteiger partial charge in [0.25, 0.3) is 0 Å². The molecule has 2 fully saturated rings. The second-order valence-electron chi connectivity index (χ2n) is 6.58. The Bertz CT molecular complexity index is 196. The Morgan fingerprint density at radius 1 is 0.588 bits per heavy atom. The van der Waals surface area contributed by atoms with Gasteiger partial charge in [0.1, 0.15) is 0 Å². The lowest BCUT2D eigenvalue weighted by molar-refractivity contribution is 0.265. The van der Waals surface area contributed by atoms with Crippen LogP contribution >= 0.6 is 0 Å². The Morgan fingerprint density at radius 3 is 1.76 bits per heavy atom. The topological polar surface area (TPSA) is 26.0 Å². The largest absolute Gasteiger partial charge is 0.328 e. The molecule has 2 rings (SSSR count). The number of rotatable bonds is 2. The molecule has 2 unspecified atom stereocenters. The molecule has 2 aliphatic carbocycles. The fourth-order valence-electron chi connectivity index (χ4n) is 3.93. The summed E-state index contributed by atoms with van der Waals surface area (Å²) in [5, 5.41) is 0. The van der Waals surface area contributed by atoms with Gasteiger partial charge in [-0.2, -0.15) is 0 Å². The maximum atomic E-state index is 6.10. The van der Waals surface area contributed by atoms with Gasteiger partial charge < -0.3 is 5.73 Å². The van der Waals surface area contributed by atoms with Gasteiger partial charge in [-0.15, -0.1) is 0 Å².